The van der Waals surface area contributed by atoms with E-state index in [9.17, 15) is 0 Å². The van der Waals surface area contributed by atoms with Gasteiger partial charge in [0, 0.05) is 12.3 Å². The van der Waals surface area contributed by atoms with E-state index in [0.29, 0.717) is 13.2 Å². The van der Waals surface area contributed by atoms with Crippen molar-refractivity contribution in [3.8, 4) is 0 Å². The van der Waals surface area contributed by atoms with Gasteiger partial charge in [-0.3, -0.25) is 0 Å². The topological polar surface area (TPSA) is 44.5 Å². The van der Waals surface area contributed by atoms with Gasteiger partial charge in [-0.15, -0.1) is 0 Å². The number of rotatable bonds is 7. The molecule has 0 spiro atoms. The molecule has 0 aliphatic carbocycles. The van der Waals surface area contributed by atoms with Crippen LogP contribution in [0.5, 0.6) is 0 Å². The molecule has 0 aromatic heterocycles. The Bertz CT molecular complexity index is 327. The highest BCUT2D eigenvalue weighted by atomic mass is 16.5. The minimum atomic E-state index is -0.0761. The number of hydrogen-bond donors (Lipinski definition) is 1. The molecule has 0 fully saturated rings. The monoisotopic (exact) mass is 251 g/mol. The molecule has 0 atom stereocenters. The number of benzene rings is 1. The van der Waals surface area contributed by atoms with Gasteiger partial charge in [-0.2, -0.15) is 0 Å². The van der Waals surface area contributed by atoms with Crippen molar-refractivity contribution in [1.29, 1.82) is 0 Å². The van der Waals surface area contributed by atoms with Crippen molar-refractivity contribution in [3.05, 3.63) is 29.8 Å². The third-order valence-electron chi connectivity index (χ3n) is 2.50. The molecular weight excluding hydrogens is 226 g/mol. The molecule has 0 saturated heterocycles. The molecule has 0 radical (unpaired) electrons. The summed E-state index contributed by atoms with van der Waals surface area (Å²) in [5.41, 5.74) is 7.68. The van der Waals surface area contributed by atoms with Crippen LogP contribution in [0.2, 0.25) is 0 Å². The van der Waals surface area contributed by atoms with Gasteiger partial charge in [0.05, 0.1) is 18.8 Å². The maximum atomic E-state index is 5.63. The second-order valence-electron chi connectivity index (χ2n) is 5.42. The van der Waals surface area contributed by atoms with Crippen LogP contribution in [0.15, 0.2) is 24.3 Å². The van der Waals surface area contributed by atoms with Gasteiger partial charge in [-0.25, -0.2) is 0 Å². The maximum Gasteiger partial charge on any atom is 0.0707 e. The predicted octanol–water partition coefficient (Wildman–Crippen LogP) is 3.03. The minimum Gasteiger partial charge on any atom is -0.399 e. The molecule has 0 aliphatic rings. The summed E-state index contributed by atoms with van der Waals surface area (Å²) < 4.78 is 11.1. The first-order valence-electron chi connectivity index (χ1n) is 6.53. The highest BCUT2D eigenvalue weighted by Crippen LogP contribution is 2.08. The van der Waals surface area contributed by atoms with Gasteiger partial charge >= 0.3 is 0 Å². The molecule has 0 saturated carbocycles. The first-order valence-corrected chi connectivity index (χ1v) is 6.53. The second-order valence-corrected chi connectivity index (χ2v) is 5.42. The molecule has 3 heteroatoms. The highest BCUT2D eigenvalue weighted by molar-refractivity contribution is 5.39. The number of nitrogen functional groups attached to an aromatic ring is 1. The summed E-state index contributed by atoms with van der Waals surface area (Å²) in [5.74, 6) is 0. The molecule has 2 N–H and O–H groups in total. The molecule has 1 aromatic carbocycles. The molecule has 102 valence electrons. The maximum absolute atomic E-state index is 5.63. The van der Waals surface area contributed by atoms with Gasteiger partial charge in [-0.1, -0.05) is 12.1 Å². The minimum absolute atomic E-state index is 0.0761. The molecule has 1 rings (SSSR count). The fourth-order valence-electron chi connectivity index (χ4n) is 1.57. The Balaban J connectivity index is 2.00. The Hall–Kier alpha value is -1.06. The number of ether oxygens (including phenoxy) is 2. The molecule has 0 amide bonds. The molecular formula is C15H25NO2. The Morgan fingerprint density at radius 2 is 1.67 bits per heavy atom. The Labute approximate surface area is 110 Å². The van der Waals surface area contributed by atoms with E-state index < -0.39 is 0 Å². The number of nitrogens with two attached hydrogens (primary N) is 1. The summed E-state index contributed by atoms with van der Waals surface area (Å²) in [5, 5.41) is 0. The van der Waals surface area contributed by atoms with E-state index in [1.807, 2.05) is 32.9 Å². The van der Waals surface area contributed by atoms with Crippen molar-refractivity contribution >= 4 is 5.69 Å². The largest absolute Gasteiger partial charge is 0.399 e. The fourth-order valence-corrected chi connectivity index (χ4v) is 1.57. The van der Waals surface area contributed by atoms with Gasteiger partial charge in [-0.05, 0) is 51.3 Å². The SMILES string of the molecule is CC(C)(C)OCCOCCCc1ccc(N)cc1. The van der Waals surface area contributed by atoms with Crippen LogP contribution in [-0.2, 0) is 15.9 Å². The van der Waals surface area contributed by atoms with Crippen LogP contribution >= 0.6 is 0 Å². The van der Waals surface area contributed by atoms with E-state index in [4.69, 9.17) is 15.2 Å². The highest BCUT2D eigenvalue weighted by Gasteiger charge is 2.08. The van der Waals surface area contributed by atoms with Crippen LogP contribution < -0.4 is 5.73 Å². The number of aryl methyl sites for hydroxylation is 1. The van der Waals surface area contributed by atoms with E-state index in [1.54, 1.807) is 0 Å². The molecule has 0 heterocycles. The van der Waals surface area contributed by atoms with Crippen molar-refractivity contribution in [2.24, 2.45) is 0 Å². The lowest BCUT2D eigenvalue weighted by atomic mass is 10.1. The van der Waals surface area contributed by atoms with Gasteiger partial charge in [0.25, 0.3) is 0 Å². The van der Waals surface area contributed by atoms with E-state index in [-0.39, 0.29) is 5.60 Å². The van der Waals surface area contributed by atoms with Crippen LogP contribution in [0.4, 0.5) is 5.69 Å². The first kappa shape index (κ1) is 15.0. The molecule has 3 nitrogen and oxygen atoms in total. The lowest BCUT2D eigenvalue weighted by Crippen LogP contribution is -2.21. The Morgan fingerprint density at radius 1 is 1.00 bits per heavy atom. The summed E-state index contributed by atoms with van der Waals surface area (Å²) >= 11 is 0. The summed E-state index contributed by atoms with van der Waals surface area (Å²) in [6.07, 6.45) is 2.06. The predicted molar refractivity (Wildman–Crippen MR) is 75.7 cm³/mol. The summed E-state index contributed by atoms with van der Waals surface area (Å²) in [6.45, 7) is 8.25. The summed E-state index contributed by atoms with van der Waals surface area (Å²) in [7, 11) is 0. The van der Waals surface area contributed by atoms with Gasteiger partial charge < -0.3 is 15.2 Å². The lowest BCUT2D eigenvalue weighted by molar-refractivity contribution is -0.0350. The molecule has 1 aromatic rings. The van der Waals surface area contributed by atoms with Crippen LogP contribution in [-0.4, -0.2) is 25.4 Å². The molecule has 18 heavy (non-hydrogen) atoms. The van der Waals surface area contributed by atoms with Crippen molar-refractivity contribution < 1.29 is 9.47 Å². The molecule has 0 unspecified atom stereocenters. The zero-order valence-electron chi connectivity index (χ0n) is 11.7. The van der Waals surface area contributed by atoms with Crippen molar-refractivity contribution in [2.75, 3.05) is 25.6 Å². The van der Waals surface area contributed by atoms with E-state index in [2.05, 4.69) is 12.1 Å². The van der Waals surface area contributed by atoms with E-state index in [1.165, 1.54) is 5.56 Å². The van der Waals surface area contributed by atoms with E-state index in [0.717, 1.165) is 25.1 Å². The summed E-state index contributed by atoms with van der Waals surface area (Å²) in [4.78, 5) is 0. The van der Waals surface area contributed by atoms with Crippen molar-refractivity contribution in [2.45, 2.75) is 39.2 Å². The third-order valence-corrected chi connectivity index (χ3v) is 2.50. The summed E-state index contributed by atoms with van der Waals surface area (Å²) in [6, 6.07) is 8.01. The standard InChI is InChI=1S/C15H25NO2/c1-15(2,3)18-12-11-17-10-4-5-13-6-8-14(16)9-7-13/h6-9H,4-5,10-12,16H2,1-3H3. The average Bonchev–Trinajstić information content (AvgIpc) is 2.29. The van der Waals surface area contributed by atoms with E-state index >= 15 is 0 Å². The van der Waals surface area contributed by atoms with Gasteiger partial charge in [0.2, 0.25) is 0 Å². The van der Waals surface area contributed by atoms with Crippen molar-refractivity contribution in [1.82, 2.24) is 0 Å². The molecule has 0 aliphatic heterocycles. The zero-order chi connectivity index (χ0) is 13.4. The number of anilines is 1. The first-order chi connectivity index (χ1) is 8.47. The Morgan fingerprint density at radius 3 is 2.28 bits per heavy atom. The smallest absolute Gasteiger partial charge is 0.0707 e. The van der Waals surface area contributed by atoms with Crippen molar-refractivity contribution in [3.63, 3.8) is 0 Å². The van der Waals surface area contributed by atoms with Crippen LogP contribution in [0, 0.1) is 0 Å². The second kappa shape index (κ2) is 7.39. The average molecular weight is 251 g/mol. The Kier molecular flexibility index (Phi) is 6.16. The normalized spacial score (nSPS) is 11.7. The fraction of sp³-hybridized carbons (Fsp3) is 0.600. The van der Waals surface area contributed by atoms with Gasteiger partial charge in [0.1, 0.15) is 0 Å². The third kappa shape index (κ3) is 7.30. The van der Waals surface area contributed by atoms with Crippen LogP contribution in [0.1, 0.15) is 32.8 Å². The van der Waals surface area contributed by atoms with Crippen LogP contribution in [0.3, 0.4) is 0 Å². The quantitative estimate of drug-likeness (QED) is 0.598. The molecule has 0 bridgehead atoms. The number of hydrogen-bond acceptors (Lipinski definition) is 3. The zero-order valence-corrected chi connectivity index (χ0v) is 11.7. The van der Waals surface area contributed by atoms with Gasteiger partial charge in [0.15, 0.2) is 0 Å². The lowest BCUT2D eigenvalue weighted by Gasteiger charge is -2.19. The van der Waals surface area contributed by atoms with Crippen LogP contribution in [0.25, 0.3) is 0 Å².